The minimum atomic E-state index is -0.955. The maximum atomic E-state index is 11.6. The van der Waals surface area contributed by atoms with E-state index < -0.39 is 5.97 Å². The lowest BCUT2D eigenvalue weighted by atomic mass is 10.1. The van der Waals surface area contributed by atoms with Crippen LogP contribution < -0.4 is 5.32 Å². The molecule has 0 aliphatic heterocycles. The number of H-pyrrole nitrogens is 1. The molecule has 98 valence electrons. The third-order valence-corrected chi connectivity index (χ3v) is 2.62. The van der Waals surface area contributed by atoms with Crippen LogP contribution in [-0.4, -0.2) is 33.5 Å². The first-order valence-corrected chi connectivity index (χ1v) is 5.75. The molecule has 0 saturated carbocycles. The van der Waals surface area contributed by atoms with E-state index in [0.29, 0.717) is 18.7 Å². The van der Waals surface area contributed by atoms with Crippen molar-refractivity contribution in [2.45, 2.75) is 6.42 Å². The van der Waals surface area contributed by atoms with Crippen LogP contribution in [0.25, 0.3) is 0 Å². The molecule has 0 bridgehead atoms. The summed E-state index contributed by atoms with van der Waals surface area (Å²) in [5, 5.41) is 11.6. The zero-order valence-corrected chi connectivity index (χ0v) is 10.1. The zero-order valence-electron chi connectivity index (χ0n) is 10.1. The molecule has 0 unspecified atom stereocenters. The van der Waals surface area contributed by atoms with Gasteiger partial charge in [-0.3, -0.25) is 4.79 Å². The Morgan fingerprint density at radius 3 is 2.89 bits per heavy atom. The van der Waals surface area contributed by atoms with E-state index in [0.717, 1.165) is 5.56 Å². The molecule has 6 nitrogen and oxygen atoms in total. The van der Waals surface area contributed by atoms with Gasteiger partial charge in [-0.15, -0.1) is 0 Å². The number of aromatic nitrogens is 2. The Bertz CT molecular complexity index is 579. The molecule has 6 heteroatoms. The summed E-state index contributed by atoms with van der Waals surface area (Å²) in [5.74, 6) is -1.18. The van der Waals surface area contributed by atoms with Gasteiger partial charge in [-0.1, -0.05) is 12.1 Å². The minimum absolute atomic E-state index is 0.230. The summed E-state index contributed by atoms with van der Waals surface area (Å²) >= 11 is 0. The van der Waals surface area contributed by atoms with Crippen molar-refractivity contribution in [3.63, 3.8) is 0 Å². The van der Waals surface area contributed by atoms with Gasteiger partial charge in [0.05, 0.1) is 18.1 Å². The van der Waals surface area contributed by atoms with E-state index in [9.17, 15) is 9.59 Å². The molecular formula is C13H13N3O3. The number of hydrogen-bond donors (Lipinski definition) is 3. The number of nitrogens with zero attached hydrogens (tertiary/aromatic N) is 1. The maximum Gasteiger partial charge on any atom is 0.335 e. The second-order valence-electron chi connectivity index (χ2n) is 3.98. The van der Waals surface area contributed by atoms with Gasteiger partial charge >= 0.3 is 5.97 Å². The maximum absolute atomic E-state index is 11.6. The number of carbonyl (C=O) groups is 2. The molecule has 0 saturated heterocycles. The second-order valence-corrected chi connectivity index (χ2v) is 3.98. The van der Waals surface area contributed by atoms with Crippen LogP contribution in [-0.2, 0) is 6.42 Å². The summed E-state index contributed by atoms with van der Waals surface area (Å²) in [6, 6.07) is 6.66. The van der Waals surface area contributed by atoms with Gasteiger partial charge in [0.2, 0.25) is 0 Å². The van der Waals surface area contributed by atoms with Gasteiger partial charge in [0.15, 0.2) is 0 Å². The lowest BCUT2D eigenvalue weighted by molar-refractivity contribution is 0.0696. The number of aromatic amines is 1. The Kier molecular flexibility index (Phi) is 3.92. The van der Waals surface area contributed by atoms with Gasteiger partial charge in [0.1, 0.15) is 5.69 Å². The van der Waals surface area contributed by atoms with Gasteiger partial charge in [-0.2, -0.15) is 0 Å². The van der Waals surface area contributed by atoms with Crippen LogP contribution in [0.1, 0.15) is 26.4 Å². The fourth-order valence-corrected chi connectivity index (χ4v) is 1.66. The number of benzene rings is 1. The smallest absolute Gasteiger partial charge is 0.335 e. The van der Waals surface area contributed by atoms with Crippen molar-refractivity contribution in [2.24, 2.45) is 0 Å². The van der Waals surface area contributed by atoms with Crippen molar-refractivity contribution < 1.29 is 14.7 Å². The summed E-state index contributed by atoms with van der Waals surface area (Å²) in [6.45, 7) is 0.431. The molecule has 0 atom stereocenters. The largest absolute Gasteiger partial charge is 0.478 e. The Morgan fingerprint density at radius 1 is 1.37 bits per heavy atom. The summed E-state index contributed by atoms with van der Waals surface area (Å²) in [4.78, 5) is 28.9. The van der Waals surface area contributed by atoms with Crippen LogP contribution in [0.15, 0.2) is 36.8 Å². The summed E-state index contributed by atoms with van der Waals surface area (Å²) in [7, 11) is 0. The fourth-order valence-electron chi connectivity index (χ4n) is 1.66. The number of nitrogens with one attached hydrogen (secondary N) is 2. The summed E-state index contributed by atoms with van der Waals surface area (Å²) in [5.41, 5.74) is 1.52. The van der Waals surface area contributed by atoms with E-state index in [4.69, 9.17) is 5.11 Å². The highest BCUT2D eigenvalue weighted by molar-refractivity contribution is 5.92. The molecule has 0 radical (unpaired) electrons. The third kappa shape index (κ3) is 3.41. The van der Waals surface area contributed by atoms with Crippen molar-refractivity contribution in [1.82, 2.24) is 15.3 Å². The molecule has 1 amide bonds. The molecule has 1 heterocycles. The topological polar surface area (TPSA) is 95.1 Å². The number of amides is 1. The van der Waals surface area contributed by atoms with E-state index in [1.807, 2.05) is 6.07 Å². The highest BCUT2D eigenvalue weighted by atomic mass is 16.4. The first-order valence-electron chi connectivity index (χ1n) is 5.75. The van der Waals surface area contributed by atoms with Crippen LogP contribution >= 0.6 is 0 Å². The molecule has 0 aliphatic rings. The third-order valence-electron chi connectivity index (χ3n) is 2.62. The van der Waals surface area contributed by atoms with Gasteiger partial charge in [0.25, 0.3) is 5.91 Å². The van der Waals surface area contributed by atoms with Gasteiger partial charge in [-0.25, -0.2) is 9.78 Å². The lowest BCUT2D eigenvalue weighted by Crippen LogP contribution is -2.26. The molecule has 1 aromatic carbocycles. The molecular weight excluding hydrogens is 246 g/mol. The fraction of sp³-hybridized carbons (Fsp3) is 0.154. The molecule has 19 heavy (non-hydrogen) atoms. The van der Waals surface area contributed by atoms with Crippen LogP contribution in [0.2, 0.25) is 0 Å². The standard InChI is InChI=1S/C13H13N3O3/c17-12(11-7-14-8-16-11)15-5-4-9-2-1-3-10(6-9)13(18)19/h1-3,6-8H,4-5H2,(H,14,16)(H,15,17)(H,18,19). The first-order chi connectivity index (χ1) is 9.16. The van der Waals surface area contributed by atoms with E-state index in [2.05, 4.69) is 15.3 Å². The number of rotatable bonds is 5. The number of aromatic carboxylic acids is 1. The molecule has 2 aromatic rings. The van der Waals surface area contributed by atoms with E-state index in [1.165, 1.54) is 18.6 Å². The average Bonchev–Trinajstić information content (AvgIpc) is 2.93. The molecule has 0 fully saturated rings. The average molecular weight is 259 g/mol. The van der Waals surface area contributed by atoms with Crippen molar-refractivity contribution in [3.05, 3.63) is 53.6 Å². The van der Waals surface area contributed by atoms with E-state index in [-0.39, 0.29) is 11.5 Å². The second kappa shape index (κ2) is 5.81. The van der Waals surface area contributed by atoms with Crippen molar-refractivity contribution >= 4 is 11.9 Å². The number of carboxylic acids is 1. The highest BCUT2D eigenvalue weighted by Gasteiger charge is 2.06. The predicted molar refractivity (Wildman–Crippen MR) is 68.0 cm³/mol. The Hall–Kier alpha value is -2.63. The number of imidazole rings is 1. The number of hydrogen-bond acceptors (Lipinski definition) is 3. The molecule has 2 rings (SSSR count). The molecule has 0 aliphatic carbocycles. The minimum Gasteiger partial charge on any atom is -0.478 e. The molecule has 3 N–H and O–H groups in total. The van der Waals surface area contributed by atoms with Gasteiger partial charge < -0.3 is 15.4 Å². The molecule has 0 spiro atoms. The quantitative estimate of drug-likeness (QED) is 0.748. The normalized spacial score (nSPS) is 10.1. The summed E-state index contributed by atoms with van der Waals surface area (Å²) in [6.07, 6.45) is 3.45. The first kappa shape index (κ1) is 12.8. The Labute approximate surface area is 109 Å². The zero-order chi connectivity index (χ0) is 13.7. The van der Waals surface area contributed by atoms with Crippen molar-refractivity contribution in [2.75, 3.05) is 6.54 Å². The Balaban J connectivity index is 1.87. The Morgan fingerprint density at radius 2 is 2.21 bits per heavy atom. The number of carbonyl (C=O) groups excluding carboxylic acids is 1. The van der Waals surface area contributed by atoms with Crippen LogP contribution in [0.3, 0.4) is 0 Å². The monoisotopic (exact) mass is 259 g/mol. The SMILES string of the molecule is O=C(O)c1cccc(CCNC(=O)c2cnc[nH]2)c1. The van der Waals surface area contributed by atoms with E-state index >= 15 is 0 Å². The lowest BCUT2D eigenvalue weighted by Gasteiger charge is -2.04. The molecule has 1 aromatic heterocycles. The summed E-state index contributed by atoms with van der Waals surface area (Å²) < 4.78 is 0. The number of carboxylic acid groups (broad SMARTS) is 1. The predicted octanol–water partition coefficient (Wildman–Crippen LogP) is 1.08. The van der Waals surface area contributed by atoms with Crippen LogP contribution in [0.4, 0.5) is 0 Å². The highest BCUT2D eigenvalue weighted by Crippen LogP contribution is 2.05. The van der Waals surface area contributed by atoms with Gasteiger partial charge in [-0.05, 0) is 24.1 Å². The van der Waals surface area contributed by atoms with E-state index in [1.54, 1.807) is 12.1 Å². The van der Waals surface area contributed by atoms with Crippen molar-refractivity contribution in [3.8, 4) is 0 Å². The van der Waals surface area contributed by atoms with Gasteiger partial charge in [0, 0.05) is 6.54 Å². The van der Waals surface area contributed by atoms with Crippen LogP contribution in [0.5, 0.6) is 0 Å². The van der Waals surface area contributed by atoms with Crippen LogP contribution in [0, 0.1) is 0 Å². The van der Waals surface area contributed by atoms with Crippen molar-refractivity contribution in [1.29, 1.82) is 0 Å².